The lowest BCUT2D eigenvalue weighted by atomic mass is 9.90. The number of amides is 2. The molecule has 2 aromatic carbocycles. The Kier molecular flexibility index (Phi) is 5.74. The van der Waals surface area contributed by atoms with Gasteiger partial charge in [-0.3, -0.25) is 9.59 Å². The number of carbonyl (C=O) groups excluding carboxylic acids is 2. The molecule has 1 aliphatic heterocycles. The third-order valence-corrected chi connectivity index (χ3v) is 5.82. The monoisotopic (exact) mass is 404 g/mol. The van der Waals surface area contributed by atoms with Crippen LogP contribution in [0, 0.1) is 0 Å². The summed E-state index contributed by atoms with van der Waals surface area (Å²) in [5.74, 6) is -0.0341. The number of H-pyrrole nitrogens is 1. The Hall–Kier alpha value is -3.28. The summed E-state index contributed by atoms with van der Waals surface area (Å²) in [7, 11) is 4.04. The largest absolute Gasteiger partial charge is 0.378 e. The van der Waals surface area contributed by atoms with Gasteiger partial charge in [0.1, 0.15) is 0 Å². The average Bonchev–Trinajstić information content (AvgIpc) is 3.35. The topological polar surface area (TPSA) is 68.4 Å². The number of fused-ring (bicyclic) bond motifs is 1. The number of rotatable bonds is 7. The van der Waals surface area contributed by atoms with Gasteiger partial charge in [-0.15, -0.1) is 0 Å². The molecule has 3 aromatic rings. The fourth-order valence-electron chi connectivity index (χ4n) is 4.11. The number of aromatic amines is 1. The van der Waals surface area contributed by atoms with Gasteiger partial charge >= 0.3 is 0 Å². The molecule has 6 heteroatoms. The molecule has 6 nitrogen and oxygen atoms in total. The Labute approximate surface area is 176 Å². The van der Waals surface area contributed by atoms with E-state index in [9.17, 15) is 9.59 Å². The standard InChI is InChI=1S/C24H28N4O2/c1-27(2)18-11-9-17(10-12-18)20(21-15-25-22-7-4-3-6-19(21)22)14-26-23(29)16-28-13-5-8-24(28)30/h3-4,6-7,9-12,15,20,25H,5,8,13-14,16H2,1-2H3,(H,26,29)/t20-/m0/s1. The van der Waals surface area contributed by atoms with Crippen LogP contribution in [-0.4, -0.2) is 55.4 Å². The van der Waals surface area contributed by atoms with Crippen LogP contribution in [0.15, 0.2) is 54.7 Å². The number of hydrogen-bond acceptors (Lipinski definition) is 3. The van der Waals surface area contributed by atoms with E-state index in [4.69, 9.17) is 0 Å². The Morgan fingerprint density at radius 3 is 2.63 bits per heavy atom. The van der Waals surface area contributed by atoms with Crippen LogP contribution < -0.4 is 10.2 Å². The van der Waals surface area contributed by atoms with Gasteiger partial charge in [0.05, 0.1) is 6.54 Å². The number of nitrogens with one attached hydrogen (secondary N) is 2. The Morgan fingerprint density at radius 1 is 1.17 bits per heavy atom. The van der Waals surface area contributed by atoms with E-state index in [0.717, 1.165) is 34.1 Å². The van der Waals surface area contributed by atoms with Crippen LogP contribution in [0.5, 0.6) is 0 Å². The van der Waals surface area contributed by atoms with Gasteiger partial charge in [-0.05, 0) is 35.7 Å². The normalized spacial score (nSPS) is 14.9. The zero-order chi connectivity index (χ0) is 21.1. The van der Waals surface area contributed by atoms with Gasteiger partial charge in [0.25, 0.3) is 0 Å². The first kappa shape index (κ1) is 20.0. The van der Waals surface area contributed by atoms with Crippen molar-refractivity contribution in [3.05, 3.63) is 65.9 Å². The molecule has 4 rings (SSSR count). The molecular formula is C24H28N4O2. The summed E-state index contributed by atoms with van der Waals surface area (Å²) in [4.78, 5) is 31.4. The van der Waals surface area contributed by atoms with Crippen molar-refractivity contribution in [1.29, 1.82) is 0 Å². The van der Waals surface area contributed by atoms with Crippen molar-refractivity contribution < 1.29 is 9.59 Å². The van der Waals surface area contributed by atoms with E-state index in [-0.39, 0.29) is 24.3 Å². The third-order valence-electron chi connectivity index (χ3n) is 5.82. The number of para-hydroxylation sites is 1. The van der Waals surface area contributed by atoms with Crippen molar-refractivity contribution in [3.63, 3.8) is 0 Å². The van der Waals surface area contributed by atoms with E-state index < -0.39 is 0 Å². The van der Waals surface area contributed by atoms with Gasteiger partial charge in [-0.1, -0.05) is 30.3 Å². The van der Waals surface area contributed by atoms with Crippen LogP contribution in [0.25, 0.3) is 10.9 Å². The van der Waals surface area contributed by atoms with Crippen LogP contribution in [0.1, 0.15) is 29.9 Å². The lowest BCUT2D eigenvalue weighted by Crippen LogP contribution is -2.39. The van der Waals surface area contributed by atoms with E-state index >= 15 is 0 Å². The Morgan fingerprint density at radius 2 is 1.93 bits per heavy atom. The molecule has 2 amide bonds. The Bertz CT molecular complexity index is 1040. The summed E-state index contributed by atoms with van der Waals surface area (Å²) in [6, 6.07) is 16.6. The second kappa shape index (κ2) is 8.61. The molecular weight excluding hydrogens is 376 g/mol. The van der Waals surface area contributed by atoms with Crippen LogP contribution in [0.3, 0.4) is 0 Å². The number of aromatic nitrogens is 1. The zero-order valence-electron chi connectivity index (χ0n) is 17.5. The van der Waals surface area contributed by atoms with Crippen LogP contribution in [0.2, 0.25) is 0 Å². The van der Waals surface area contributed by atoms with E-state index in [0.29, 0.717) is 19.5 Å². The Balaban J connectivity index is 1.57. The number of benzene rings is 2. The lowest BCUT2D eigenvalue weighted by Gasteiger charge is -2.21. The number of nitrogens with zero attached hydrogens (tertiary/aromatic N) is 2. The summed E-state index contributed by atoms with van der Waals surface area (Å²) in [5.41, 5.74) is 4.51. The first-order chi connectivity index (χ1) is 14.5. The van der Waals surface area contributed by atoms with Crippen molar-refractivity contribution in [1.82, 2.24) is 15.2 Å². The second-order valence-corrected chi connectivity index (χ2v) is 8.05. The number of likely N-dealkylation sites (tertiary alicyclic amines) is 1. The zero-order valence-corrected chi connectivity index (χ0v) is 17.5. The lowest BCUT2D eigenvalue weighted by molar-refractivity contribution is -0.133. The maximum atomic E-state index is 12.5. The van der Waals surface area contributed by atoms with Crippen LogP contribution in [0.4, 0.5) is 5.69 Å². The van der Waals surface area contributed by atoms with Gasteiger partial charge in [0, 0.05) is 62.3 Å². The van der Waals surface area contributed by atoms with Crippen molar-refractivity contribution in [2.24, 2.45) is 0 Å². The summed E-state index contributed by atoms with van der Waals surface area (Å²) in [5, 5.41) is 4.22. The van der Waals surface area contributed by atoms with Gasteiger partial charge in [0.2, 0.25) is 11.8 Å². The average molecular weight is 405 g/mol. The predicted molar refractivity (Wildman–Crippen MR) is 120 cm³/mol. The highest BCUT2D eigenvalue weighted by molar-refractivity contribution is 5.86. The molecule has 0 unspecified atom stereocenters. The molecule has 0 radical (unpaired) electrons. The van der Waals surface area contributed by atoms with Crippen LogP contribution >= 0.6 is 0 Å². The SMILES string of the molecule is CN(C)c1ccc([C@H](CNC(=O)CN2CCCC2=O)c2c[nH]c3ccccc23)cc1. The van der Waals surface area contributed by atoms with E-state index in [1.165, 1.54) is 0 Å². The van der Waals surface area contributed by atoms with Crippen molar-refractivity contribution in [2.45, 2.75) is 18.8 Å². The molecule has 1 aliphatic rings. The molecule has 0 bridgehead atoms. The molecule has 2 heterocycles. The minimum atomic E-state index is -0.111. The highest BCUT2D eigenvalue weighted by Gasteiger charge is 2.24. The fourth-order valence-corrected chi connectivity index (χ4v) is 4.11. The van der Waals surface area contributed by atoms with E-state index in [1.54, 1.807) is 4.90 Å². The minimum Gasteiger partial charge on any atom is -0.378 e. The predicted octanol–water partition coefficient (Wildman–Crippen LogP) is 3.10. The molecule has 2 N–H and O–H groups in total. The highest BCUT2D eigenvalue weighted by atomic mass is 16.2. The molecule has 1 atom stereocenters. The summed E-state index contributed by atoms with van der Waals surface area (Å²) in [6.07, 6.45) is 3.41. The van der Waals surface area contributed by atoms with E-state index in [2.05, 4.69) is 51.6 Å². The second-order valence-electron chi connectivity index (χ2n) is 8.05. The number of anilines is 1. The van der Waals surface area contributed by atoms with Crippen LogP contribution in [-0.2, 0) is 9.59 Å². The van der Waals surface area contributed by atoms with Gasteiger partial charge in [-0.2, -0.15) is 0 Å². The molecule has 0 saturated carbocycles. The number of hydrogen-bond donors (Lipinski definition) is 2. The molecule has 156 valence electrons. The minimum absolute atomic E-state index is 0.00981. The molecule has 1 aromatic heterocycles. The maximum Gasteiger partial charge on any atom is 0.239 e. The fraction of sp³-hybridized carbons (Fsp3) is 0.333. The van der Waals surface area contributed by atoms with Crippen molar-refractivity contribution in [3.8, 4) is 0 Å². The quantitative estimate of drug-likeness (QED) is 0.636. The molecule has 30 heavy (non-hydrogen) atoms. The highest BCUT2D eigenvalue weighted by Crippen LogP contribution is 2.31. The smallest absolute Gasteiger partial charge is 0.239 e. The maximum absolute atomic E-state index is 12.5. The van der Waals surface area contributed by atoms with Gasteiger partial charge in [-0.25, -0.2) is 0 Å². The van der Waals surface area contributed by atoms with Crippen molar-refractivity contribution >= 4 is 28.4 Å². The first-order valence-electron chi connectivity index (χ1n) is 10.4. The van der Waals surface area contributed by atoms with E-state index in [1.807, 2.05) is 32.4 Å². The van der Waals surface area contributed by atoms with Gasteiger partial charge < -0.3 is 20.1 Å². The van der Waals surface area contributed by atoms with Crippen molar-refractivity contribution in [2.75, 3.05) is 38.6 Å². The number of carbonyl (C=O) groups is 2. The summed E-state index contributed by atoms with van der Waals surface area (Å²) >= 11 is 0. The molecule has 0 aliphatic carbocycles. The molecule has 1 saturated heterocycles. The molecule has 0 spiro atoms. The summed E-state index contributed by atoms with van der Waals surface area (Å²) < 4.78 is 0. The summed E-state index contributed by atoms with van der Waals surface area (Å²) in [6.45, 7) is 1.28. The first-order valence-corrected chi connectivity index (χ1v) is 10.4. The molecule has 1 fully saturated rings. The third kappa shape index (κ3) is 4.17. The van der Waals surface area contributed by atoms with Gasteiger partial charge in [0.15, 0.2) is 0 Å².